The third kappa shape index (κ3) is 9.15. The van der Waals surface area contributed by atoms with Crippen molar-refractivity contribution in [2.24, 2.45) is 0 Å². The van der Waals surface area contributed by atoms with E-state index in [1.807, 2.05) is 24.3 Å². The van der Waals surface area contributed by atoms with Gasteiger partial charge in [0.2, 0.25) is 0 Å². The van der Waals surface area contributed by atoms with Gasteiger partial charge in [-0.2, -0.15) is 0 Å². The van der Waals surface area contributed by atoms with Crippen molar-refractivity contribution in [3.8, 4) is 17.2 Å². The first-order chi connectivity index (χ1) is 19.0. The number of carbonyl (C=O) groups is 2. The molecule has 4 rings (SSSR count). The van der Waals surface area contributed by atoms with Crippen LogP contribution in [0.2, 0.25) is 0 Å². The second-order valence-electron chi connectivity index (χ2n) is 9.20. The Morgan fingerprint density at radius 3 is 1.67 bits per heavy atom. The van der Waals surface area contributed by atoms with Crippen LogP contribution in [0.3, 0.4) is 0 Å². The number of phenolic OH excluding ortho intramolecular Hbond substituents is 2. The molecule has 0 saturated carbocycles. The predicted octanol–water partition coefficient (Wildman–Crippen LogP) is 7.99. The number of unbranched alkanes of at least 4 members (excludes halogenated alkanes) is 5. The Morgan fingerprint density at radius 1 is 0.590 bits per heavy atom. The number of para-hydroxylation sites is 1. The fourth-order valence-electron chi connectivity index (χ4n) is 4.02. The van der Waals surface area contributed by atoms with Gasteiger partial charge in [-0.25, -0.2) is 0 Å². The van der Waals surface area contributed by atoms with E-state index in [1.54, 1.807) is 66.7 Å². The Labute approximate surface area is 230 Å². The molecular weight excluding hydrogens is 488 g/mol. The standard InChI is InChI=1S/C21H26O3.C13H10O2/c1-2-3-4-5-6-10-15-24-18-13-14-19(20(22)16-18)21(23)17-11-8-7-9-12-17;14-12-9-5-4-8-11(12)13(15)10-6-2-1-3-7-10/h7-9,11-14,16,22H,2-6,10,15H2,1H3;1-9,14H. The van der Waals surface area contributed by atoms with Crippen LogP contribution in [0.15, 0.2) is 103 Å². The lowest BCUT2D eigenvalue weighted by Gasteiger charge is -2.09. The van der Waals surface area contributed by atoms with Crippen molar-refractivity contribution in [2.45, 2.75) is 45.4 Å². The van der Waals surface area contributed by atoms with E-state index >= 15 is 0 Å². The summed E-state index contributed by atoms with van der Waals surface area (Å²) in [5, 5.41) is 19.6. The Hall–Kier alpha value is -4.38. The minimum atomic E-state index is -0.185. The van der Waals surface area contributed by atoms with Gasteiger partial charge in [-0.15, -0.1) is 0 Å². The van der Waals surface area contributed by atoms with Crippen LogP contribution < -0.4 is 4.74 Å². The number of hydrogen-bond acceptors (Lipinski definition) is 5. The summed E-state index contributed by atoms with van der Waals surface area (Å²) in [6.45, 7) is 2.85. The van der Waals surface area contributed by atoms with Gasteiger partial charge < -0.3 is 14.9 Å². The molecule has 4 aromatic rings. The summed E-state index contributed by atoms with van der Waals surface area (Å²) in [6, 6.07) is 29.3. The second kappa shape index (κ2) is 15.8. The molecule has 0 aromatic heterocycles. The average molecular weight is 525 g/mol. The Morgan fingerprint density at radius 2 is 1.10 bits per heavy atom. The predicted molar refractivity (Wildman–Crippen MR) is 155 cm³/mol. The van der Waals surface area contributed by atoms with Crippen molar-refractivity contribution >= 4 is 11.6 Å². The van der Waals surface area contributed by atoms with Crippen LogP contribution >= 0.6 is 0 Å². The zero-order chi connectivity index (χ0) is 27.9. The minimum absolute atomic E-state index is 0.0198. The van der Waals surface area contributed by atoms with E-state index in [-0.39, 0.29) is 23.1 Å². The Balaban J connectivity index is 0.000000239. The molecule has 0 aliphatic heterocycles. The van der Waals surface area contributed by atoms with E-state index in [0.29, 0.717) is 34.6 Å². The zero-order valence-electron chi connectivity index (χ0n) is 22.4. The molecule has 4 aromatic carbocycles. The molecule has 0 radical (unpaired) electrons. The quantitative estimate of drug-likeness (QED) is 0.145. The molecule has 0 spiro atoms. The van der Waals surface area contributed by atoms with Gasteiger partial charge in [0.05, 0.1) is 17.7 Å². The van der Waals surface area contributed by atoms with E-state index in [9.17, 15) is 19.8 Å². The van der Waals surface area contributed by atoms with E-state index in [2.05, 4.69) is 6.92 Å². The lowest BCUT2D eigenvalue weighted by atomic mass is 10.0. The fraction of sp³-hybridized carbons (Fsp3) is 0.235. The third-order valence-corrected chi connectivity index (χ3v) is 6.20. The van der Waals surface area contributed by atoms with Gasteiger partial charge in [-0.3, -0.25) is 9.59 Å². The SMILES string of the molecule is CCCCCCCCOc1ccc(C(=O)c2ccccc2)c(O)c1.O=C(c1ccccc1)c1ccccc1O. The van der Waals surface area contributed by atoms with Crippen LogP contribution in [0.25, 0.3) is 0 Å². The summed E-state index contributed by atoms with van der Waals surface area (Å²) in [6.07, 6.45) is 7.25. The highest BCUT2D eigenvalue weighted by Crippen LogP contribution is 2.26. The van der Waals surface area contributed by atoms with Gasteiger partial charge in [0, 0.05) is 17.2 Å². The van der Waals surface area contributed by atoms with Crippen molar-refractivity contribution in [1.29, 1.82) is 0 Å². The fourth-order valence-corrected chi connectivity index (χ4v) is 4.02. The third-order valence-electron chi connectivity index (χ3n) is 6.20. The summed E-state index contributed by atoms with van der Waals surface area (Å²) in [5.41, 5.74) is 1.78. The summed E-state index contributed by atoms with van der Waals surface area (Å²) in [5.74, 6) is 0.241. The largest absolute Gasteiger partial charge is 0.507 e. The topological polar surface area (TPSA) is 83.8 Å². The molecular formula is C34H36O5. The molecule has 0 bridgehead atoms. The monoisotopic (exact) mass is 524 g/mol. The van der Waals surface area contributed by atoms with Crippen LogP contribution in [-0.2, 0) is 0 Å². The average Bonchev–Trinajstić information content (AvgIpc) is 2.97. The highest BCUT2D eigenvalue weighted by molar-refractivity contribution is 6.11. The smallest absolute Gasteiger partial charge is 0.196 e. The first kappa shape index (κ1) is 29.2. The normalized spacial score (nSPS) is 10.3. The number of carbonyl (C=O) groups excluding carboxylic acids is 2. The highest BCUT2D eigenvalue weighted by atomic mass is 16.5. The zero-order valence-corrected chi connectivity index (χ0v) is 22.4. The maximum absolute atomic E-state index is 12.4. The Bertz CT molecular complexity index is 1320. The summed E-state index contributed by atoms with van der Waals surface area (Å²) < 4.78 is 5.66. The first-order valence-corrected chi connectivity index (χ1v) is 13.4. The maximum atomic E-state index is 12.4. The van der Waals surface area contributed by atoms with Crippen LogP contribution in [0, 0.1) is 0 Å². The number of aromatic hydroxyl groups is 2. The molecule has 0 atom stereocenters. The van der Waals surface area contributed by atoms with Gasteiger partial charge in [-0.05, 0) is 30.7 Å². The van der Waals surface area contributed by atoms with E-state index in [4.69, 9.17) is 4.74 Å². The Kier molecular flexibility index (Phi) is 11.8. The second-order valence-corrected chi connectivity index (χ2v) is 9.20. The minimum Gasteiger partial charge on any atom is -0.507 e. The van der Waals surface area contributed by atoms with Crippen molar-refractivity contribution in [3.05, 3.63) is 125 Å². The number of ketones is 2. The van der Waals surface area contributed by atoms with Gasteiger partial charge in [0.15, 0.2) is 11.6 Å². The number of hydrogen-bond donors (Lipinski definition) is 2. The number of benzene rings is 4. The molecule has 0 aliphatic rings. The molecule has 5 nitrogen and oxygen atoms in total. The summed E-state index contributed by atoms with van der Waals surface area (Å²) >= 11 is 0. The van der Waals surface area contributed by atoms with E-state index < -0.39 is 0 Å². The van der Waals surface area contributed by atoms with Crippen molar-refractivity contribution in [2.75, 3.05) is 6.61 Å². The van der Waals surface area contributed by atoms with Gasteiger partial charge in [0.1, 0.15) is 17.2 Å². The first-order valence-electron chi connectivity index (χ1n) is 13.4. The van der Waals surface area contributed by atoms with Crippen LogP contribution in [0.4, 0.5) is 0 Å². The van der Waals surface area contributed by atoms with E-state index in [1.165, 1.54) is 37.8 Å². The van der Waals surface area contributed by atoms with Gasteiger partial charge in [0.25, 0.3) is 0 Å². The van der Waals surface area contributed by atoms with Crippen LogP contribution in [0.5, 0.6) is 17.2 Å². The van der Waals surface area contributed by atoms with Gasteiger partial charge >= 0.3 is 0 Å². The molecule has 0 aliphatic carbocycles. The number of ether oxygens (including phenoxy) is 1. The molecule has 0 saturated heterocycles. The molecule has 0 unspecified atom stereocenters. The number of rotatable bonds is 12. The lowest BCUT2D eigenvalue weighted by molar-refractivity contribution is 0.102. The van der Waals surface area contributed by atoms with Crippen molar-refractivity contribution in [3.63, 3.8) is 0 Å². The van der Waals surface area contributed by atoms with Gasteiger partial charge in [-0.1, -0.05) is 112 Å². The number of phenols is 2. The molecule has 0 fully saturated rings. The van der Waals surface area contributed by atoms with E-state index in [0.717, 1.165) is 12.8 Å². The summed E-state index contributed by atoms with van der Waals surface area (Å²) in [7, 11) is 0. The molecule has 39 heavy (non-hydrogen) atoms. The van der Waals surface area contributed by atoms with Crippen molar-refractivity contribution in [1.82, 2.24) is 0 Å². The molecule has 2 N–H and O–H groups in total. The highest BCUT2D eigenvalue weighted by Gasteiger charge is 2.14. The van der Waals surface area contributed by atoms with Crippen molar-refractivity contribution < 1.29 is 24.5 Å². The van der Waals surface area contributed by atoms with Crippen LogP contribution in [0.1, 0.15) is 77.3 Å². The molecule has 5 heteroatoms. The molecule has 0 heterocycles. The molecule has 202 valence electrons. The summed E-state index contributed by atoms with van der Waals surface area (Å²) in [4.78, 5) is 24.3. The maximum Gasteiger partial charge on any atom is 0.196 e. The lowest BCUT2D eigenvalue weighted by Crippen LogP contribution is -2.02. The molecule has 0 amide bonds. The van der Waals surface area contributed by atoms with Crippen LogP contribution in [-0.4, -0.2) is 28.4 Å².